The molecule has 3 nitrogen and oxygen atoms in total. The first-order valence-corrected chi connectivity index (χ1v) is 6.07. The van der Waals surface area contributed by atoms with Crippen LogP contribution in [0.5, 0.6) is 0 Å². The normalized spacial score (nSPS) is 10.5. The molecule has 0 amide bonds. The zero-order chi connectivity index (χ0) is 12.4. The molecule has 5 heteroatoms. The van der Waals surface area contributed by atoms with Crippen LogP contribution in [0.2, 0.25) is 0 Å². The number of aryl methyl sites for hydroxylation is 1. The van der Waals surface area contributed by atoms with Gasteiger partial charge in [0.05, 0.1) is 10.9 Å². The Morgan fingerprint density at radius 3 is 2.94 bits per heavy atom. The summed E-state index contributed by atoms with van der Waals surface area (Å²) in [5.41, 5.74) is 1.31. The second-order valence-corrected chi connectivity index (χ2v) is 4.09. The molecule has 0 aliphatic heterocycles. The Hall–Kier alpha value is -1.49. The number of alkyl halides is 1. The van der Waals surface area contributed by atoms with Gasteiger partial charge in [0.2, 0.25) is 0 Å². The van der Waals surface area contributed by atoms with Crippen LogP contribution >= 0.6 is 15.9 Å². The van der Waals surface area contributed by atoms with Gasteiger partial charge in [-0.3, -0.25) is 4.79 Å². The van der Waals surface area contributed by atoms with E-state index >= 15 is 0 Å². The fourth-order valence-electron chi connectivity index (χ4n) is 1.60. The van der Waals surface area contributed by atoms with Gasteiger partial charge in [-0.1, -0.05) is 33.2 Å². The second kappa shape index (κ2) is 4.79. The van der Waals surface area contributed by atoms with Crippen LogP contribution in [-0.2, 0) is 0 Å². The molecule has 0 bridgehead atoms. The molecule has 0 atom stereocenters. The molecule has 88 valence electrons. The maximum absolute atomic E-state index is 13.1. The number of rotatable bonds is 3. The molecule has 1 aromatic heterocycles. The zero-order valence-electron chi connectivity index (χ0n) is 9.04. The number of Topliss-reactive ketones (excluding diaryl/α,β-unsaturated/α-hetero) is 1. The summed E-state index contributed by atoms with van der Waals surface area (Å²) in [7, 11) is 0. The summed E-state index contributed by atoms with van der Waals surface area (Å²) in [4.78, 5) is 11.7. The van der Waals surface area contributed by atoms with Gasteiger partial charge in [-0.15, -0.1) is 0 Å². The summed E-state index contributed by atoms with van der Waals surface area (Å²) >= 11 is 3.10. The summed E-state index contributed by atoms with van der Waals surface area (Å²) in [5.74, 6) is -0.0721. The van der Waals surface area contributed by atoms with E-state index in [9.17, 15) is 9.18 Å². The lowest BCUT2D eigenvalue weighted by atomic mass is 10.0. The molecule has 0 saturated heterocycles. The molecule has 0 fully saturated rings. The maximum atomic E-state index is 13.1. The first-order valence-electron chi connectivity index (χ1n) is 4.95. The standard InChI is InChI=1S/C12H9BrFNO2/c1-7-11(10(16)6-13)12(15-17-7)8-3-2-4-9(14)5-8/h2-5H,6H2,1H3. The highest BCUT2D eigenvalue weighted by atomic mass is 79.9. The Kier molecular flexibility index (Phi) is 3.38. The molecular weight excluding hydrogens is 289 g/mol. The van der Waals surface area contributed by atoms with E-state index in [0.29, 0.717) is 22.6 Å². The molecule has 2 rings (SSSR count). The fraction of sp³-hybridized carbons (Fsp3) is 0.167. The molecule has 1 heterocycles. The molecule has 0 spiro atoms. The minimum atomic E-state index is -0.375. The van der Waals surface area contributed by atoms with Crippen molar-refractivity contribution in [3.8, 4) is 11.3 Å². The average molecular weight is 298 g/mol. The van der Waals surface area contributed by atoms with E-state index in [-0.39, 0.29) is 16.9 Å². The van der Waals surface area contributed by atoms with Gasteiger partial charge in [0.15, 0.2) is 5.78 Å². The van der Waals surface area contributed by atoms with E-state index in [0.717, 1.165) is 0 Å². The van der Waals surface area contributed by atoms with Crippen molar-refractivity contribution >= 4 is 21.7 Å². The molecular formula is C12H9BrFNO2. The number of carbonyl (C=O) groups is 1. The van der Waals surface area contributed by atoms with Gasteiger partial charge >= 0.3 is 0 Å². The van der Waals surface area contributed by atoms with Crippen LogP contribution in [0.15, 0.2) is 28.8 Å². The van der Waals surface area contributed by atoms with Crippen LogP contribution in [0, 0.1) is 12.7 Å². The number of benzene rings is 1. The van der Waals surface area contributed by atoms with Crippen LogP contribution in [0.4, 0.5) is 4.39 Å². The van der Waals surface area contributed by atoms with Crippen molar-refractivity contribution in [2.24, 2.45) is 0 Å². The van der Waals surface area contributed by atoms with E-state index < -0.39 is 0 Å². The Morgan fingerprint density at radius 1 is 1.53 bits per heavy atom. The molecule has 17 heavy (non-hydrogen) atoms. The summed E-state index contributed by atoms with van der Waals surface area (Å²) in [6.07, 6.45) is 0. The molecule has 2 aromatic rings. The van der Waals surface area contributed by atoms with Gasteiger partial charge < -0.3 is 4.52 Å². The third-order valence-corrected chi connectivity index (χ3v) is 2.87. The lowest BCUT2D eigenvalue weighted by Gasteiger charge is -1.99. The van der Waals surface area contributed by atoms with Crippen LogP contribution in [0.3, 0.4) is 0 Å². The first-order chi connectivity index (χ1) is 8.13. The van der Waals surface area contributed by atoms with Crippen LogP contribution < -0.4 is 0 Å². The Balaban J connectivity index is 2.57. The number of nitrogens with zero attached hydrogens (tertiary/aromatic N) is 1. The summed E-state index contributed by atoms with van der Waals surface area (Å²) in [6.45, 7) is 1.66. The van der Waals surface area contributed by atoms with Gasteiger partial charge in [-0.25, -0.2) is 4.39 Å². The number of ketones is 1. The largest absolute Gasteiger partial charge is 0.360 e. The van der Waals surface area contributed by atoms with E-state index in [1.165, 1.54) is 12.1 Å². The second-order valence-electron chi connectivity index (χ2n) is 3.53. The number of carbonyl (C=O) groups excluding carboxylic acids is 1. The number of hydrogen-bond acceptors (Lipinski definition) is 3. The minimum Gasteiger partial charge on any atom is -0.360 e. The molecule has 0 aliphatic carbocycles. The molecule has 1 aromatic carbocycles. The molecule has 0 aliphatic rings. The predicted molar refractivity (Wildman–Crippen MR) is 64.8 cm³/mol. The number of aromatic nitrogens is 1. The smallest absolute Gasteiger partial charge is 0.179 e. The average Bonchev–Trinajstić information content (AvgIpc) is 2.70. The minimum absolute atomic E-state index is 0.136. The number of halogens is 2. The van der Waals surface area contributed by atoms with Crippen molar-refractivity contribution in [2.45, 2.75) is 6.92 Å². The van der Waals surface area contributed by atoms with E-state index in [2.05, 4.69) is 21.1 Å². The molecule has 0 radical (unpaired) electrons. The van der Waals surface area contributed by atoms with Gasteiger partial charge in [-0.05, 0) is 19.1 Å². The topological polar surface area (TPSA) is 43.1 Å². The SMILES string of the molecule is Cc1onc(-c2cccc(F)c2)c1C(=O)CBr. The number of hydrogen-bond donors (Lipinski definition) is 0. The Bertz CT molecular complexity index is 565. The highest BCUT2D eigenvalue weighted by Gasteiger charge is 2.20. The van der Waals surface area contributed by atoms with Crippen molar-refractivity contribution in [2.75, 3.05) is 5.33 Å². The zero-order valence-corrected chi connectivity index (χ0v) is 10.6. The first kappa shape index (κ1) is 12.0. The lowest BCUT2D eigenvalue weighted by Crippen LogP contribution is -2.02. The molecule has 0 saturated carbocycles. The highest BCUT2D eigenvalue weighted by molar-refractivity contribution is 9.09. The van der Waals surface area contributed by atoms with Crippen LogP contribution in [0.25, 0.3) is 11.3 Å². The Morgan fingerprint density at radius 2 is 2.29 bits per heavy atom. The van der Waals surface area contributed by atoms with Gasteiger partial charge in [0.25, 0.3) is 0 Å². The van der Waals surface area contributed by atoms with Crippen molar-refractivity contribution in [3.63, 3.8) is 0 Å². The van der Waals surface area contributed by atoms with E-state index in [1.54, 1.807) is 19.1 Å². The third-order valence-electron chi connectivity index (χ3n) is 2.36. The van der Waals surface area contributed by atoms with Crippen LogP contribution in [-0.4, -0.2) is 16.3 Å². The predicted octanol–water partition coefficient (Wildman–Crippen LogP) is 3.37. The quantitative estimate of drug-likeness (QED) is 0.644. The fourth-order valence-corrected chi connectivity index (χ4v) is 1.88. The summed E-state index contributed by atoms with van der Waals surface area (Å²) < 4.78 is 18.1. The van der Waals surface area contributed by atoms with Crippen molar-refractivity contribution in [1.29, 1.82) is 0 Å². The van der Waals surface area contributed by atoms with Gasteiger partial charge in [0.1, 0.15) is 17.3 Å². The lowest BCUT2D eigenvalue weighted by molar-refractivity contribution is 0.102. The molecule has 0 N–H and O–H groups in total. The van der Waals surface area contributed by atoms with Gasteiger partial charge in [-0.2, -0.15) is 0 Å². The van der Waals surface area contributed by atoms with Gasteiger partial charge in [0, 0.05) is 5.56 Å². The summed E-state index contributed by atoms with van der Waals surface area (Å²) in [5, 5.41) is 3.99. The van der Waals surface area contributed by atoms with E-state index in [1.807, 2.05) is 0 Å². The third kappa shape index (κ3) is 2.29. The maximum Gasteiger partial charge on any atom is 0.179 e. The monoisotopic (exact) mass is 297 g/mol. The van der Waals surface area contributed by atoms with Crippen molar-refractivity contribution < 1.29 is 13.7 Å². The van der Waals surface area contributed by atoms with E-state index in [4.69, 9.17) is 4.52 Å². The van der Waals surface area contributed by atoms with Crippen LogP contribution in [0.1, 0.15) is 16.1 Å². The summed E-state index contributed by atoms with van der Waals surface area (Å²) in [6, 6.07) is 5.91. The molecule has 0 unspecified atom stereocenters. The Labute approximate surface area is 106 Å². The van der Waals surface area contributed by atoms with Crippen molar-refractivity contribution in [1.82, 2.24) is 5.16 Å². The van der Waals surface area contributed by atoms with Crippen molar-refractivity contribution in [3.05, 3.63) is 41.4 Å². The highest BCUT2D eigenvalue weighted by Crippen LogP contribution is 2.26.